The van der Waals surface area contributed by atoms with Crippen molar-refractivity contribution in [2.45, 2.75) is 6.54 Å². The number of ether oxygens (including phenoxy) is 1. The standard InChI is InChI=1S/C21H19BrN4O2/c1-28-19-7-4-5-15(13-19)20(27)26-21(24-14-18-6-2-3-12-23-18)25-17-10-8-16(22)9-11-17/h2-13H,14H2,1H3,(H2,24,25,26,27). The number of anilines is 1. The first-order chi connectivity index (χ1) is 13.6. The highest BCUT2D eigenvalue weighted by Crippen LogP contribution is 2.15. The lowest BCUT2D eigenvalue weighted by Gasteiger charge is -2.12. The Balaban J connectivity index is 1.79. The molecule has 28 heavy (non-hydrogen) atoms. The average molecular weight is 439 g/mol. The van der Waals surface area contributed by atoms with Gasteiger partial charge < -0.3 is 10.1 Å². The van der Waals surface area contributed by atoms with Gasteiger partial charge in [0.05, 0.1) is 19.3 Å². The Morgan fingerprint density at radius 3 is 2.64 bits per heavy atom. The molecule has 0 spiro atoms. The van der Waals surface area contributed by atoms with E-state index < -0.39 is 0 Å². The van der Waals surface area contributed by atoms with Gasteiger partial charge in [0.25, 0.3) is 5.91 Å². The number of aliphatic imine (C=N–C) groups is 1. The SMILES string of the molecule is COc1cccc(C(=O)NC(=NCc2ccccn2)Nc2ccc(Br)cc2)c1. The highest BCUT2D eigenvalue weighted by Gasteiger charge is 2.10. The first-order valence-corrected chi connectivity index (χ1v) is 9.36. The van der Waals surface area contributed by atoms with E-state index in [9.17, 15) is 4.79 Å². The molecule has 3 aromatic rings. The minimum absolute atomic E-state index is 0.289. The van der Waals surface area contributed by atoms with Crippen LogP contribution in [0.15, 0.2) is 82.4 Å². The van der Waals surface area contributed by atoms with Crippen molar-refractivity contribution in [1.82, 2.24) is 10.3 Å². The summed E-state index contributed by atoms with van der Waals surface area (Å²) < 4.78 is 6.15. The van der Waals surface area contributed by atoms with Gasteiger partial charge in [-0.1, -0.05) is 28.1 Å². The Kier molecular flexibility index (Phi) is 6.75. The second-order valence-electron chi connectivity index (χ2n) is 5.80. The fourth-order valence-corrected chi connectivity index (χ4v) is 2.64. The summed E-state index contributed by atoms with van der Waals surface area (Å²) in [6.07, 6.45) is 1.71. The van der Waals surface area contributed by atoms with Crippen molar-refractivity contribution < 1.29 is 9.53 Å². The molecule has 2 aromatic carbocycles. The molecule has 0 atom stereocenters. The van der Waals surface area contributed by atoms with Gasteiger partial charge in [-0.2, -0.15) is 0 Å². The number of carbonyl (C=O) groups is 1. The number of benzene rings is 2. The first kappa shape index (κ1) is 19.6. The Hall–Kier alpha value is -3.19. The van der Waals surface area contributed by atoms with Crippen LogP contribution in [0.1, 0.15) is 16.1 Å². The van der Waals surface area contributed by atoms with Gasteiger partial charge >= 0.3 is 0 Å². The number of nitrogens with zero attached hydrogens (tertiary/aromatic N) is 2. The Morgan fingerprint density at radius 1 is 1.11 bits per heavy atom. The fourth-order valence-electron chi connectivity index (χ4n) is 2.38. The Labute approximate surface area is 171 Å². The van der Waals surface area contributed by atoms with Crippen molar-refractivity contribution in [2.24, 2.45) is 4.99 Å². The third kappa shape index (κ3) is 5.65. The normalized spacial score (nSPS) is 11.0. The van der Waals surface area contributed by atoms with Crippen LogP contribution in [0.5, 0.6) is 5.75 Å². The molecule has 0 radical (unpaired) electrons. The van der Waals surface area contributed by atoms with Crippen molar-refractivity contribution in [3.8, 4) is 5.75 Å². The van der Waals surface area contributed by atoms with E-state index in [2.05, 4.69) is 36.5 Å². The molecule has 0 saturated heterocycles. The lowest BCUT2D eigenvalue weighted by molar-refractivity contribution is 0.0976. The number of methoxy groups -OCH3 is 1. The van der Waals surface area contributed by atoms with E-state index in [0.29, 0.717) is 23.8 Å². The molecule has 0 fully saturated rings. The summed E-state index contributed by atoms with van der Waals surface area (Å²) in [5.41, 5.74) is 2.07. The van der Waals surface area contributed by atoms with Crippen LogP contribution < -0.4 is 15.4 Å². The number of halogens is 1. The van der Waals surface area contributed by atoms with E-state index in [4.69, 9.17) is 4.74 Å². The van der Waals surface area contributed by atoms with Crippen LogP contribution in [0, 0.1) is 0 Å². The Morgan fingerprint density at radius 2 is 1.93 bits per heavy atom. The largest absolute Gasteiger partial charge is 0.497 e. The number of carbonyl (C=O) groups excluding carboxylic acids is 1. The average Bonchev–Trinajstić information content (AvgIpc) is 2.74. The zero-order chi connectivity index (χ0) is 19.8. The summed E-state index contributed by atoms with van der Waals surface area (Å²) in [5.74, 6) is 0.657. The molecule has 1 amide bonds. The molecule has 0 bridgehead atoms. The number of hydrogen-bond acceptors (Lipinski definition) is 4. The van der Waals surface area contributed by atoms with Crippen LogP contribution in [0.25, 0.3) is 0 Å². The maximum atomic E-state index is 12.7. The highest BCUT2D eigenvalue weighted by molar-refractivity contribution is 9.10. The molecule has 3 rings (SSSR count). The van der Waals surface area contributed by atoms with Crippen molar-refractivity contribution in [1.29, 1.82) is 0 Å². The molecule has 1 aromatic heterocycles. The number of rotatable bonds is 5. The van der Waals surface area contributed by atoms with Gasteiger partial charge in [-0.25, -0.2) is 4.99 Å². The third-order valence-electron chi connectivity index (χ3n) is 3.80. The fraction of sp³-hybridized carbons (Fsp3) is 0.0952. The molecule has 0 aliphatic heterocycles. The maximum absolute atomic E-state index is 12.7. The predicted molar refractivity (Wildman–Crippen MR) is 114 cm³/mol. The smallest absolute Gasteiger partial charge is 0.258 e. The lowest BCUT2D eigenvalue weighted by Crippen LogP contribution is -2.36. The van der Waals surface area contributed by atoms with Gasteiger partial charge in [-0.05, 0) is 54.6 Å². The van der Waals surface area contributed by atoms with Crippen molar-refractivity contribution in [3.63, 3.8) is 0 Å². The van der Waals surface area contributed by atoms with Gasteiger partial charge in [0.1, 0.15) is 5.75 Å². The van der Waals surface area contributed by atoms with Crippen molar-refractivity contribution in [2.75, 3.05) is 12.4 Å². The summed E-state index contributed by atoms with van der Waals surface area (Å²) in [6, 6.07) is 20.1. The van der Waals surface area contributed by atoms with Crippen LogP contribution in [0.2, 0.25) is 0 Å². The quantitative estimate of drug-likeness (QED) is 0.461. The maximum Gasteiger partial charge on any atom is 0.258 e. The van der Waals surface area contributed by atoms with Gasteiger partial charge in [0.2, 0.25) is 5.96 Å². The summed E-state index contributed by atoms with van der Waals surface area (Å²) in [5, 5.41) is 5.97. The summed E-state index contributed by atoms with van der Waals surface area (Å²) in [4.78, 5) is 21.4. The molecule has 0 unspecified atom stereocenters. The van der Waals surface area contributed by atoms with Gasteiger partial charge in [-0.3, -0.25) is 15.1 Å². The lowest BCUT2D eigenvalue weighted by atomic mass is 10.2. The van der Waals surface area contributed by atoms with Gasteiger partial charge in [0.15, 0.2) is 0 Å². The van der Waals surface area contributed by atoms with Crippen LogP contribution in [0.4, 0.5) is 5.69 Å². The Bertz CT molecular complexity index is 960. The van der Waals surface area contributed by atoms with Crippen molar-refractivity contribution in [3.05, 3.63) is 88.7 Å². The molecule has 1 heterocycles. The zero-order valence-electron chi connectivity index (χ0n) is 15.2. The summed E-state index contributed by atoms with van der Waals surface area (Å²) in [6.45, 7) is 0.331. The minimum atomic E-state index is -0.289. The van der Waals surface area contributed by atoms with Gasteiger partial charge in [-0.15, -0.1) is 0 Å². The van der Waals surface area contributed by atoms with E-state index >= 15 is 0 Å². The predicted octanol–water partition coefficient (Wildman–Crippen LogP) is 4.25. The molecule has 0 aliphatic carbocycles. The van der Waals surface area contributed by atoms with Crippen molar-refractivity contribution >= 4 is 33.5 Å². The molecular weight excluding hydrogens is 420 g/mol. The van der Waals surface area contributed by atoms with E-state index in [1.807, 2.05) is 42.5 Å². The first-order valence-electron chi connectivity index (χ1n) is 8.56. The van der Waals surface area contributed by atoms with Crippen LogP contribution >= 0.6 is 15.9 Å². The monoisotopic (exact) mass is 438 g/mol. The summed E-state index contributed by atoms with van der Waals surface area (Å²) >= 11 is 3.41. The number of aromatic nitrogens is 1. The van der Waals surface area contributed by atoms with E-state index in [1.54, 1.807) is 37.6 Å². The number of amides is 1. The highest BCUT2D eigenvalue weighted by atomic mass is 79.9. The topological polar surface area (TPSA) is 75.6 Å². The van der Waals surface area contributed by atoms with E-state index in [-0.39, 0.29) is 5.91 Å². The molecule has 0 saturated carbocycles. The van der Waals surface area contributed by atoms with Crippen LogP contribution in [0.3, 0.4) is 0 Å². The minimum Gasteiger partial charge on any atom is -0.497 e. The zero-order valence-corrected chi connectivity index (χ0v) is 16.8. The molecule has 2 N–H and O–H groups in total. The van der Waals surface area contributed by atoms with Crippen LogP contribution in [-0.2, 0) is 6.54 Å². The van der Waals surface area contributed by atoms with Gasteiger partial charge in [0, 0.05) is 21.9 Å². The number of hydrogen-bond donors (Lipinski definition) is 2. The molecular formula is C21H19BrN4O2. The van der Waals surface area contributed by atoms with E-state index in [1.165, 1.54) is 0 Å². The molecule has 0 aliphatic rings. The third-order valence-corrected chi connectivity index (χ3v) is 4.32. The number of guanidine groups is 1. The van der Waals surface area contributed by atoms with Crippen LogP contribution in [-0.4, -0.2) is 24.0 Å². The van der Waals surface area contributed by atoms with E-state index in [0.717, 1.165) is 15.9 Å². The molecule has 7 heteroatoms. The summed E-state index contributed by atoms with van der Waals surface area (Å²) in [7, 11) is 1.56. The second-order valence-corrected chi connectivity index (χ2v) is 6.72. The number of nitrogens with one attached hydrogen (secondary N) is 2. The number of pyridine rings is 1. The molecule has 6 nitrogen and oxygen atoms in total. The molecule has 142 valence electrons. The second kappa shape index (κ2) is 9.66.